The topological polar surface area (TPSA) is 64.3 Å². The van der Waals surface area contributed by atoms with E-state index in [1.54, 1.807) is 0 Å². The molecule has 3 rings (SSSR count). The Morgan fingerprint density at radius 1 is 1.37 bits per heavy atom. The van der Waals surface area contributed by atoms with Crippen molar-refractivity contribution in [3.05, 3.63) is 11.9 Å². The number of fused-ring (bicyclic) bond motifs is 1. The van der Waals surface area contributed by atoms with Gasteiger partial charge in [-0.3, -0.25) is 0 Å². The van der Waals surface area contributed by atoms with E-state index < -0.39 is 0 Å². The van der Waals surface area contributed by atoms with Crippen LogP contribution in [0.1, 0.15) is 44.9 Å². The normalized spacial score (nSPS) is 26.8. The number of morpholine rings is 1. The van der Waals surface area contributed by atoms with Gasteiger partial charge in [0, 0.05) is 18.5 Å². The lowest BCUT2D eigenvalue weighted by Gasteiger charge is -2.38. The molecule has 2 N–H and O–H groups in total. The van der Waals surface area contributed by atoms with Gasteiger partial charge >= 0.3 is 0 Å². The maximum absolute atomic E-state index is 5.93. The molecular formula is C14H22N4O. The third kappa shape index (κ3) is 2.39. The zero-order valence-electron chi connectivity index (χ0n) is 11.7. The van der Waals surface area contributed by atoms with Crippen LogP contribution in [0.15, 0.2) is 6.07 Å². The van der Waals surface area contributed by atoms with Gasteiger partial charge in [-0.1, -0.05) is 13.8 Å². The predicted octanol–water partition coefficient (Wildman–Crippen LogP) is 1.94. The summed E-state index contributed by atoms with van der Waals surface area (Å²) in [5, 5.41) is 0. The largest absolute Gasteiger partial charge is 0.384 e. The number of nitrogens with zero attached hydrogens (tertiary/aromatic N) is 3. The van der Waals surface area contributed by atoms with Gasteiger partial charge in [0.25, 0.3) is 0 Å². The Balaban J connectivity index is 1.92. The van der Waals surface area contributed by atoms with Crippen molar-refractivity contribution in [3.63, 3.8) is 0 Å². The standard InChI is InChI=1S/C14H22N4O/c1-9(2)14-16-12(15)8-13(17-14)18-6-7-19-11-5-3-4-10(11)18/h8-11H,3-7H2,1-2H3,(H2,15,16,17). The molecular weight excluding hydrogens is 240 g/mol. The molecule has 0 aromatic carbocycles. The highest BCUT2D eigenvalue weighted by molar-refractivity contribution is 5.49. The summed E-state index contributed by atoms with van der Waals surface area (Å²) in [4.78, 5) is 11.4. The van der Waals surface area contributed by atoms with E-state index in [9.17, 15) is 0 Å². The van der Waals surface area contributed by atoms with Crippen molar-refractivity contribution < 1.29 is 4.74 Å². The predicted molar refractivity (Wildman–Crippen MR) is 75.3 cm³/mol. The van der Waals surface area contributed by atoms with Gasteiger partial charge in [-0.15, -0.1) is 0 Å². The number of ether oxygens (including phenoxy) is 1. The highest BCUT2D eigenvalue weighted by Crippen LogP contribution is 2.33. The van der Waals surface area contributed by atoms with Crippen molar-refractivity contribution in [2.45, 2.75) is 51.2 Å². The van der Waals surface area contributed by atoms with Gasteiger partial charge in [0.1, 0.15) is 17.5 Å². The second kappa shape index (κ2) is 4.96. The van der Waals surface area contributed by atoms with Gasteiger partial charge < -0.3 is 15.4 Å². The molecule has 104 valence electrons. The molecule has 1 aliphatic carbocycles. The van der Waals surface area contributed by atoms with Crippen LogP contribution in [0.4, 0.5) is 11.6 Å². The second-order valence-electron chi connectivity index (χ2n) is 5.76. The lowest BCUT2D eigenvalue weighted by molar-refractivity contribution is 0.0253. The summed E-state index contributed by atoms with van der Waals surface area (Å²) in [5.41, 5.74) is 5.93. The van der Waals surface area contributed by atoms with Crippen LogP contribution in [-0.4, -0.2) is 35.3 Å². The van der Waals surface area contributed by atoms with Crippen LogP contribution < -0.4 is 10.6 Å². The lowest BCUT2D eigenvalue weighted by atomic mass is 10.1. The SMILES string of the molecule is CC(C)c1nc(N)cc(N2CCOC3CCCC32)n1. The monoisotopic (exact) mass is 262 g/mol. The first-order valence-electron chi connectivity index (χ1n) is 7.18. The first-order valence-corrected chi connectivity index (χ1v) is 7.18. The Bertz CT molecular complexity index is 463. The molecule has 1 aliphatic heterocycles. The molecule has 2 heterocycles. The van der Waals surface area contributed by atoms with E-state index in [1.165, 1.54) is 19.3 Å². The summed E-state index contributed by atoms with van der Waals surface area (Å²) in [6.07, 6.45) is 3.96. The second-order valence-corrected chi connectivity index (χ2v) is 5.76. The van der Waals surface area contributed by atoms with Gasteiger partial charge in [0.15, 0.2) is 0 Å². The Labute approximate surface area is 114 Å². The number of anilines is 2. The summed E-state index contributed by atoms with van der Waals surface area (Å²) in [6, 6.07) is 2.36. The summed E-state index contributed by atoms with van der Waals surface area (Å²) in [7, 11) is 0. The molecule has 2 aliphatic rings. The quantitative estimate of drug-likeness (QED) is 0.882. The fraction of sp³-hybridized carbons (Fsp3) is 0.714. The average Bonchev–Trinajstić information content (AvgIpc) is 2.85. The average molecular weight is 262 g/mol. The van der Waals surface area contributed by atoms with Gasteiger partial charge in [0.2, 0.25) is 0 Å². The summed E-state index contributed by atoms with van der Waals surface area (Å²) in [5.74, 6) is 2.66. The van der Waals surface area contributed by atoms with Crippen LogP contribution in [0.5, 0.6) is 0 Å². The van der Waals surface area contributed by atoms with Crippen molar-refractivity contribution in [2.75, 3.05) is 23.8 Å². The molecule has 5 heteroatoms. The highest BCUT2D eigenvalue weighted by atomic mass is 16.5. The Hall–Kier alpha value is -1.36. The van der Waals surface area contributed by atoms with Gasteiger partial charge in [-0.2, -0.15) is 0 Å². The molecule has 1 aromatic rings. The first kappa shape index (κ1) is 12.7. The van der Waals surface area contributed by atoms with Crippen LogP contribution in [0, 0.1) is 0 Å². The van der Waals surface area contributed by atoms with Gasteiger partial charge in [0.05, 0.1) is 18.8 Å². The van der Waals surface area contributed by atoms with Crippen LogP contribution >= 0.6 is 0 Å². The van der Waals surface area contributed by atoms with E-state index in [2.05, 4.69) is 23.7 Å². The molecule has 5 nitrogen and oxygen atoms in total. The number of aromatic nitrogens is 2. The molecule has 2 fully saturated rings. The molecule has 0 spiro atoms. The maximum atomic E-state index is 5.93. The highest BCUT2D eigenvalue weighted by Gasteiger charge is 2.36. The van der Waals surface area contributed by atoms with Gasteiger partial charge in [-0.05, 0) is 19.3 Å². The molecule has 19 heavy (non-hydrogen) atoms. The molecule has 0 amide bonds. The molecule has 0 bridgehead atoms. The smallest absolute Gasteiger partial charge is 0.135 e. The van der Waals surface area contributed by atoms with E-state index >= 15 is 0 Å². The van der Waals surface area contributed by atoms with Crippen molar-refractivity contribution in [1.29, 1.82) is 0 Å². The van der Waals surface area contributed by atoms with Crippen molar-refractivity contribution in [1.82, 2.24) is 9.97 Å². The summed E-state index contributed by atoms with van der Waals surface area (Å²) in [6.45, 7) is 5.86. The van der Waals surface area contributed by atoms with Crippen molar-refractivity contribution in [3.8, 4) is 0 Å². The molecule has 0 radical (unpaired) electrons. The van der Waals surface area contributed by atoms with Crippen LogP contribution in [0.2, 0.25) is 0 Å². The van der Waals surface area contributed by atoms with Crippen molar-refractivity contribution in [2.24, 2.45) is 0 Å². The third-order valence-electron chi connectivity index (χ3n) is 4.04. The molecule has 2 atom stereocenters. The summed E-state index contributed by atoms with van der Waals surface area (Å²) < 4.78 is 5.85. The minimum Gasteiger partial charge on any atom is -0.384 e. The number of nitrogen functional groups attached to an aromatic ring is 1. The number of hydrogen-bond acceptors (Lipinski definition) is 5. The van der Waals surface area contributed by atoms with E-state index in [0.717, 1.165) is 24.8 Å². The van der Waals surface area contributed by atoms with E-state index in [4.69, 9.17) is 15.5 Å². The number of hydrogen-bond donors (Lipinski definition) is 1. The zero-order valence-corrected chi connectivity index (χ0v) is 11.7. The first-order chi connectivity index (χ1) is 9.15. The van der Waals surface area contributed by atoms with E-state index in [-0.39, 0.29) is 0 Å². The minimum absolute atomic E-state index is 0.294. The third-order valence-corrected chi connectivity index (χ3v) is 4.04. The number of rotatable bonds is 2. The maximum Gasteiger partial charge on any atom is 0.135 e. The molecule has 1 saturated carbocycles. The lowest BCUT2D eigenvalue weighted by Crippen LogP contribution is -2.49. The van der Waals surface area contributed by atoms with Crippen LogP contribution in [-0.2, 0) is 4.74 Å². The fourth-order valence-electron chi connectivity index (χ4n) is 3.09. The number of nitrogens with two attached hydrogens (primary N) is 1. The Morgan fingerprint density at radius 2 is 2.21 bits per heavy atom. The fourth-order valence-corrected chi connectivity index (χ4v) is 3.09. The molecule has 1 saturated heterocycles. The minimum atomic E-state index is 0.294. The van der Waals surface area contributed by atoms with E-state index in [1.807, 2.05) is 6.07 Å². The van der Waals surface area contributed by atoms with Gasteiger partial charge in [-0.25, -0.2) is 9.97 Å². The zero-order chi connectivity index (χ0) is 13.4. The Kier molecular flexibility index (Phi) is 3.31. The van der Waals surface area contributed by atoms with E-state index in [0.29, 0.717) is 23.9 Å². The molecule has 1 aromatic heterocycles. The summed E-state index contributed by atoms with van der Waals surface area (Å²) >= 11 is 0. The molecule has 2 unspecified atom stereocenters. The van der Waals surface area contributed by atoms with Crippen LogP contribution in [0.3, 0.4) is 0 Å². The Morgan fingerprint density at radius 3 is 3.00 bits per heavy atom. The van der Waals surface area contributed by atoms with Crippen LogP contribution in [0.25, 0.3) is 0 Å². The van der Waals surface area contributed by atoms with Crippen molar-refractivity contribution >= 4 is 11.6 Å².